The molecule has 2 heterocycles. The Labute approximate surface area is 95.2 Å². The SMILES string of the molecule is O=C(N1CCC(n2nccn2)CC1)C(F)(F)F. The Morgan fingerprint density at radius 2 is 1.71 bits per heavy atom. The van der Waals surface area contributed by atoms with Gasteiger partial charge in [0.05, 0.1) is 18.4 Å². The molecule has 5 nitrogen and oxygen atoms in total. The monoisotopic (exact) mass is 248 g/mol. The van der Waals surface area contributed by atoms with Crippen LogP contribution in [0.1, 0.15) is 18.9 Å². The Morgan fingerprint density at radius 3 is 2.18 bits per heavy atom. The number of hydrogen-bond acceptors (Lipinski definition) is 3. The van der Waals surface area contributed by atoms with Gasteiger partial charge in [-0.05, 0) is 12.8 Å². The van der Waals surface area contributed by atoms with Crippen molar-refractivity contribution in [3.63, 3.8) is 0 Å². The summed E-state index contributed by atoms with van der Waals surface area (Å²) in [5.41, 5.74) is 0. The summed E-state index contributed by atoms with van der Waals surface area (Å²) in [6.07, 6.45) is -0.857. The molecule has 8 heteroatoms. The smallest absolute Gasteiger partial charge is 0.335 e. The van der Waals surface area contributed by atoms with Crippen LogP contribution in [0.5, 0.6) is 0 Å². The lowest BCUT2D eigenvalue weighted by atomic mass is 10.1. The van der Waals surface area contributed by atoms with Crippen LogP contribution >= 0.6 is 0 Å². The Morgan fingerprint density at radius 1 is 1.18 bits per heavy atom. The molecule has 0 aliphatic carbocycles. The summed E-state index contributed by atoms with van der Waals surface area (Å²) >= 11 is 0. The first-order valence-corrected chi connectivity index (χ1v) is 5.20. The van der Waals surface area contributed by atoms with Crippen LogP contribution in [0.4, 0.5) is 13.2 Å². The Balaban J connectivity index is 1.93. The molecule has 1 fully saturated rings. The molecular formula is C9H11F3N4O. The Bertz CT molecular complexity index is 381. The van der Waals surface area contributed by atoms with Crippen molar-refractivity contribution in [1.29, 1.82) is 0 Å². The zero-order valence-corrected chi connectivity index (χ0v) is 8.89. The van der Waals surface area contributed by atoms with E-state index in [0.29, 0.717) is 12.8 Å². The van der Waals surface area contributed by atoms with Crippen LogP contribution in [0, 0.1) is 0 Å². The molecule has 1 aliphatic rings. The highest BCUT2D eigenvalue weighted by Crippen LogP contribution is 2.25. The van der Waals surface area contributed by atoms with Crippen LogP contribution in [-0.2, 0) is 4.79 Å². The summed E-state index contributed by atoms with van der Waals surface area (Å²) in [6.45, 7) is 0.176. The van der Waals surface area contributed by atoms with Crippen molar-refractivity contribution >= 4 is 5.91 Å². The zero-order valence-electron chi connectivity index (χ0n) is 8.89. The lowest BCUT2D eigenvalue weighted by Crippen LogP contribution is -2.45. The van der Waals surface area contributed by atoms with Gasteiger partial charge in [-0.1, -0.05) is 0 Å². The topological polar surface area (TPSA) is 51.0 Å². The summed E-state index contributed by atoms with van der Waals surface area (Å²) in [7, 11) is 0. The van der Waals surface area contributed by atoms with Crippen molar-refractivity contribution in [2.24, 2.45) is 0 Å². The Hall–Kier alpha value is -1.60. The largest absolute Gasteiger partial charge is 0.471 e. The first-order chi connectivity index (χ1) is 7.98. The molecular weight excluding hydrogens is 237 g/mol. The second-order valence-electron chi connectivity index (χ2n) is 3.87. The van der Waals surface area contributed by atoms with Crippen molar-refractivity contribution in [1.82, 2.24) is 19.9 Å². The van der Waals surface area contributed by atoms with Crippen LogP contribution in [0.2, 0.25) is 0 Å². The van der Waals surface area contributed by atoms with Crippen molar-refractivity contribution < 1.29 is 18.0 Å². The van der Waals surface area contributed by atoms with Gasteiger partial charge in [-0.3, -0.25) is 4.79 Å². The number of carbonyl (C=O) groups excluding carboxylic acids is 1. The number of halogens is 3. The summed E-state index contributed by atoms with van der Waals surface area (Å²) in [6, 6.07) is -0.0257. The highest BCUT2D eigenvalue weighted by atomic mass is 19.4. The van der Waals surface area contributed by atoms with E-state index in [9.17, 15) is 18.0 Å². The third kappa shape index (κ3) is 2.56. The molecule has 2 rings (SSSR count). The number of carbonyl (C=O) groups is 1. The predicted octanol–water partition coefficient (Wildman–Crippen LogP) is 1.00. The van der Waals surface area contributed by atoms with E-state index >= 15 is 0 Å². The third-order valence-corrected chi connectivity index (χ3v) is 2.76. The maximum absolute atomic E-state index is 12.2. The number of likely N-dealkylation sites (tertiary alicyclic amines) is 1. The molecule has 0 N–H and O–H groups in total. The first-order valence-electron chi connectivity index (χ1n) is 5.20. The number of piperidine rings is 1. The standard InChI is InChI=1S/C9H11F3N4O/c10-9(11,12)8(17)15-5-1-7(2-6-15)16-13-3-4-14-16/h3-4,7H,1-2,5-6H2. The fraction of sp³-hybridized carbons (Fsp3) is 0.667. The quantitative estimate of drug-likeness (QED) is 0.745. The second-order valence-corrected chi connectivity index (χ2v) is 3.87. The van der Waals surface area contributed by atoms with E-state index in [0.717, 1.165) is 4.90 Å². The minimum Gasteiger partial charge on any atom is -0.335 e. The average molecular weight is 248 g/mol. The van der Waals surface area contributed by atoms with Gasteiger partial charge in [0.1, 0.15) is 0 Å². The van der Waals surface area contributed by atoms with E-state index in [1.807, 2.05) is 0 Å². The normalized spacial score (nSPS) is 18.4. The molecule has 0 atom stereocenters. The summed E-state index contributed by atoms with van der Waals surface area (Å²) < 4.78 is 36.5. The van der Waals surface area contributed by atoms with E-state index < -0.39 is 12.1 Å². The van der Waals surface area contributed by atoms with Gasteiger partial charge >= 0.3 is 12.1 Å². The van der Waals surface area contributed by atoms with E-state index in [1.54, 1.807) is 0 Å². The predicted molar refractivity (Wildman–Crippen MR) is 50.9 cm³/mol. The maximum atomic E-state index is 12.2. The molecule has 17 heavy (non-hydrogen) atoms. The number of nitrogens with zero attached hydrogens (tertiary/aromatic N) is 4. The van der Waals surface area contributed by atoms with Gasteiger partial charge in [0.2, 0.25) is 0 Å². The molecule has 0 bridgehead atoms. The van der Waals surface area contributed by atoms with Crippen molar-refractivity contribution in [3.05, 3.63) is 12.4 Å². The first kappa shape index (κ1) is 11.9. The molecule has 1 aromatic rings. The number of aromatic nitrogens is 3. The van der Waals surface area contributed by atoms with Crippen molar-refractivity contribution in [3.8, 4) is 0 Å². The molecule has 0 radical (unpaired) electrons. The third-order valence-electron chi connectivity index (χ3n) is 2.76. The Kier molecular flexibility index (Phi) is 3.03. The lowest BCUT2D eigenvalue weighted by Gasteiger charge is -2.31. The second kappa shape index (κ2) is 4.34. The fourth-order valence-electron chi connectivity index (χ4n) is 1.89. The van der Waals surface area contributed by atoms with Gasteiger partial charge < -0.3 is 4.90 Å². The molecule has 1 amide bonds. The molecule has 1 saturated heterocycles. The molecule has 0 saturated carbocycles. The lowest BCUT2D eigenvalue weighted by molar-refractivity contribution is -0.186. The molecule has 1 aromatic heterocycles. The van der Waals surface area contributed by atoms with Crippen LogP contribution in [-0.4, -0.2) is 45.1 Å². The molecule has 0 spiro atoms. The maximum Gasteiger partial charge on any atom is 0.471 e. The van der Waals surface area contributed by atoms with Gasteiger partial charge in [0, 0.05) is 13.1 Å². The van der Waals surface area contributed by atoms with Gasteiger partial charge in [-0.2, -0.15) is 28.2 Å². The molecule has 0 unspecified atom stereocenters. The van der Waals surface area contributed by atoms with Crippen LogP contribution in [0.15, 0.2) is 12.4 Å². The molecule has 1 aliphatic heterocycles. The van der Waals surface area contributed by atoms with E-state index in [2.05, 4.69) is 10.2 Å². The molecule has 94 valence electrons. The summed E-state index contributed by atoms with van der Waals surface area (Å²) in [5, 5.41) is 7.88. The molecule has 0 aromatic carbocycles. The summed E-state index contributed by atoms with van der Waals surface area (Å²) in [5.74, 6) is -1.76. The highest BCUT2D eigenvalue weighted by Gasteiger charge is 2.43. The number of rotatable bonds is 1. The van der Waals surface area contributed by atoms with Gasteiger partial charge in [-0.15, -0.1) is 0 Å². The minimum atomic E-state index is -4.78. The fourth-order valence-corrected chi connectivity index (χ4v) is 1.89. The van der Waals surface area contributed by atoms with E-state index in [4.69, 9.17) is 0 Å². The van der Waals surface area contributed by atoms with Gasteiger partial charge in [-0.25, -0.2) is 0 Å². The van der Waals surface area contributed by atoms with E-state index in [-0.39, 0.29) is 19.1 Å². The van der Waals surface area contributed by atoms with Crippen LogP contribution in [0.3, 0.4) is 0 Å². The van der Waals surface area contributed by atoms with Gasteiger partial charge in [0.15, 0.2) is 0 Å². The van der Waals surface area contributed by atoms with Crippen LogP contribution < -0.4 is 0 Å². The number of alkyl halides is 3. The average Bonchev–Trinajstić information content (AvgIpc) is 2.80. The van der Waals surface area contributed by atoms with Crippen molar-refractivity contribution in [2.75, 3.05) is 13.1 Å². The van der Waals surface area contributed by atoms with Gasteiger partial charge in [0.25, 0.3) is 0 Å². The van der Waals surface area contributed by atoms with E-state index in [1.165, 1.54) is 17.2 Å². The number of hydrogen-bond donors (Lipinski definition) is 0. The van der Waals surface area contributed by atoms with Crippen LogP contribution in [0.25, 0.3) is 0 Å². The zero-order chi connectivity index (χ0) is 12.5. The number of amides is 1. The highest BCUT2D eigenvalue weighted by molar-refractivity contribution is 5.81. The minimum absolute atomic E-state index is 0.0257. The summed E-state index contributed by atoms with van der Waals surface area (Å²) in [4.78, 5) is 13.3. The van der Waals surface area contributed by atoms with Crippen molar-refractivity contribution in [2.45, 2.75) is 25.1 Å².